The van der Waals surface area contributed by atoms with Gasteiger partial charge in [-0.3, -0.25) is 0 Å². The number of hydrogen-bond acceptors (Lipinski definition) is 1. The monoisotopic (exact) mass is 178 g/mol. The van der Waals surface area contributed by atoms with Crippen molar-refractivity contribution in [2.24, 2.45) is 18.7 Å². The Morgan fingerprint density at radius 1 is 1.46 bits per heavy atom. The molecule has 72 valence electrons. The number of hydrogen-bond donors (Lipinski definition) is 1. The van der Waals surface area contributed by atoms with Crippen LogP contribution in [0.2, 0.25) is 0 Å². The summed E-state index contributed by atoms with van der Waals surface area (Å²) in [6.07, 6.45) is 7.43. The van der Waals surface area contributed by atoms with Crippen LogP contribution < -0.4 is 5.73 Å². The van der Waals surface area contributed by atoms with Gasteiger partial charge in [0.05, 0.1) is 0 Å². The number of aryl methyl sites for hydroxylation is 1. The predicted molar refractivity (Wildman–Crippen MR) is 54.3 cm³/mol. The average molecular weight is 178 g/mol. The molecule has 0 amide bonds. The van der Waals surface area contributed by atoms with Crippen LogP contribution in [0.4, 0.5) is 0 Å². The molecule has 0 spiro atoms. The van der Waals surface area contributed by atoms with Crippen molar-refractivity contribution < 1.29 is 0 Å². The van der Waals surface area contributed by atoms with E-state index in [2.05, 4.69) is 29.9 Å². The first-order valence-corrected chi connectivity index (χ1v) is 5.16. The number of nitrogens with zero attached hydrogens (tertiary/aromatic N) is 1. The third-order valence-electron chi connectivity index (χ3n) is 3.23. The molecule has 1 atom stereocenters. The van der Waals surface area contributed by atoms with Gasteiger partial charge < -0.3 is 10.3 Å². The molecule has 2 N–H and O–H groups in total. The van der Waals surface area contributed by atoms with Crippen molar-refractivity contribution >= 4 is 0 Å². The topological polar surface area (TPSA) is 30.9 Å². The molecule has 1 aliphatic carbocycles. The van der Waals surface area contributed by atoms with Gasteiger partial charge >= 0.3 is 0 Å². The van der Waals surface area contributed by atoms with Crippen molar-refractivity contribution in [2.75, 3.05) is 0 Å². The highest BCUT2D eigenvalue weighted by Crippen LogP contribution is 2.33. The van der Waals surface area contributed by atoms with Crippen molar-refractivity contribution in [3.63, 3.8) is 0 Å². The molecular formula is C11H18N2. The maximum Gasteiger partial charge on any atom is 0.0478 e. The molecule has 2 nitrogen and oxygen atoms in total. The Morgan fingerprint density at radius 3 is 2.69 bits per heavy atom. The summed E-state index contributed by atoms with van der Waals surface area (Å²) < 4.78 is 2.14. The Balaban J connectivity index is 2.12. The first-order chi connectivity index (χ1) is 6.29. The molecule has 0 radical (unpaired) electrons. The predicted octanol–water partition coefficient (Wildman–Crippen LogP) is 2.22. The van der Waals surface area contributed by atoms with Gasteiger partial charge in [0.2, 0.25) is 0 Å². The quantitative estimate of drug-likeness (QED) is 0.739. The van der Waals surface area contributed by atoms with Crippen molar-refractivity contribution in [1.82, 2.24) is 4.57 Å². The smallest absolute Gasteiger partial charge is 0.0478 e. The van der Waals surface area contributed by atoms with E-state index in [-0.39, 0.29) is 6.04 Å². The molecule has 1 saturated carbocycles. The van der Waals surface area contributed by atoms with E-state index in [1.54, 1.807) is 0 Å². The van der Waals surface area contributed by atoms with Gasteiger partial charge in [-0.15, -0.1) is 0 Å². The summed E-state index contributed by atoms with van der Waals surface area (Å²) in [6, 6.07) is 4.47. The second-order valence-electron chi connectivity index (χ2n) is 4.11. The standard InChI is InChI=1S/C11H18N2/c1-13-8-4-7-10(13)11(12)9-5-2-3-6-9/h4,7-9,11H,2-3,5-6,12H2,1H3/t11-/m1/s1. The van der Waals surface area contributed by atoms with Crippen LogP contribution in [0.15, 0.2) is 18.3 Å². The zero-order valence-corrected chi connectivity index (χ0v) is 8.24. The summed E-state index contributed by atoms with van der Waals surface area (Å²) in [4.78, 5) is 0. The fourth-order valence-electron chi connectivity index (χ4n) is 2.38. The molecule has 0 unspecified atom stereocenters. The third kappa shape index (κ3) is 1.63. The van der Waals surface area contributed by atoms with Crippen LogP contribution in [0.1, 0.15) is 37.4 Å². The zero-order chi connectivity index (χ0) is 9.26. The second kappa shape index (κ2) is 3.54. The van der Waals surface area contributed by atoms with Gasteiger partial charge in [0.1, 0.15) is 0 Å². The summed E-state index contributed by atoms with van der Waals surface area (Å²) in [5.41, 5.74) is 7.51. The Morgan fingerprint density at radius 2 is 2.15 bits per heavy atom. The van der Waals surface area contributed by atoms with Crippen molar-refractivity contribution in [3.8, 4) is 0 Å². The van der Waals surface area contributed by atoms with Gasteiger partial charge in [0, 0.05) is 25.0 Å². The summed E-state index contributed by atoms with van der Waals surface area (Å²) in [5, 5.41) is 0. The molecule has 1 heterocycles. The number of nitrogens with two attached hydrogens (primary N) is 1. The molecular weight excluding hydrogens is 160 g/mol. The first-order valence-electron chi connectivity index (χ1n) is 5.16. The molecule has 1 fully saturated rings. The average Bonchev–Trinajstić information content (AvgIpc) is 2.72. The van der Waals surface area contributed by atoms with Crippen LogP contribution in [-0.4, -0.2) is 4.57 Å². The first kappa shape index (κ1) is 8.82. The van der Waals surface area contributed by atoms with Crippen LogP contribution >= 0.6 is 0 Å². The van der Waals surface area contributed by atoms with Crippen LogP contribution in [0.3, 0.4) is 0 Å². The molecule has 1 aromatic rings. The SMILES string of the molecule is Cn1cccc1[C@H](N)C1CCCC1. The molecule has 1 aliphatic rings. The fourth-order valence-corrected chi connectivity index (χ4v) is 2.38. The van der Waals surface area contributed by atoms with Crippen molar-refractivity contribution in [1.29, 1.82) is 0 Å². The third-order valence-corrected chi connectivity index (χ3v) is 3.23. The Labute approximate surface area is 79.7 Å². The molecule has 0 aromatic carbocycles. The van der Waals surface area contributed by atoms with E-state index in [4.69, 9.17) is 5.73 Å². The van der Waals surface area contributed by atoms with Gasteiger partial charge in [-0.1, -0.05) is 12.8 Å². The highest BCUT2D eigenvalue weighted by atomic mass is 15.0. The van der Waals surface area contributed by atoms with E-state index in [0.29, 0.717) is 5.92 Å². The largest absolute Gasteiger partial charge is 0.353 e. The zero-order valence-electron chi connectivity index (χ0n) is 8.24. The summed E-state index contributed by atoms with van der Waals surface area (Å²) in [6.45, 7) is 0. The molecule has 13 heavy (non-hydrogen) atoms. The lowest BCUT2D eigenvalue weighted by molar-refractivity contribution is 0.428. The van der Waals surface area contributed by atoms with E-state index in [0.717, 1.165) is 0 Å². The highest BCUT2D eigenvalue weighted by molar-refractivity contribution is 5.12. The number of rotatable bonds is 2. The molecule has 2 heteroatoms. The van der Waals surface area contributed by atoms with Gasteiger partial charge in [0.15, 0.2) is 0 Å². The lowest BCUT2D eigenvalue weighted by atomic mass is 9.96. The van der Waals surface area contributed by atoms with Crippen LogP contribution in [0.5, 0.6) is 0 Å². The summed E-state index contributed by atoms with van der Waals surface area (Å²) >= 11 is 0. The Bertz CT molecular complexity index is 271. The van der Waals surface area contributed by atoms with Gasteiger partial charge in [0.25, 0.3) is 0 Å². The minimum Gasteiger partial charge on any atom is -0.353 e. The summed E-state index contributed by atoms with van der Waals surface area (Å²) in [7, 11) is 2.07. The maximum atomic E-state index is 6.22. The summed E-state index contributed by atoms with van der Waals surface area (Å²) in [5.74, 6) is 0.716. The van der Waals surface area contributed by atoms with Crippen LogP contribution in [0.25, 0.3) is 0 Å². The van der Waals surface area contributed by atoms with Gasteiger partial charge in [-0.05, 0) is 30.9 Å². The molecule has 1 aromatic heterocycles. The minimum atomic E-state index is 0.252. The van der Waals surface area contributed by atoms with E-state index < -0.39 is 0 Å². The van der Waals surface area contributed by atoms with E-state index >= 15 is 0 Å². The highest BCUT2D eigenvalue weighted by Gasteiger charge is 2.24. The van der Waals surface area contributed by atoms with Gasteiger partial charge in [-0.2, -0.15) is 0 Å². The van der Waals surface area contributed by atoms with Crippen LogP contribution in [-0.2, 0) is 7.05 Å². The molecule has 0 bridgehead atoms. The van der Waals surface area contributed by atoms with Crippen molar-refractivity contribution in [2.45, 2.75) is 31.7 Å². The van der Waals surface area contributed by atoms with Crippen molar-refractivity contribution in [3.05, 3.63) is 24.0 Å². The molecule has 2 rings (SSSR count). The second-order valence-corrected chi connectivity index (χ2v) is 4.11. The lowest BCUT2D eigenvalue weighted by Gasteiger charge is -2.19. The fraction of sp³-hybridized carbons (Fsp3) is 0.636. The van der Waals surface area contributed by atoms with E-state index in [1.165, 1.54) is 31.4 Å². The Kier molecular flexibility index (Phi) is 2.40. The van der Waals surface area contributed by atoms with E-state index in [1.807, 2.05) is 0 Å². The molecule has 0 saturated heterocycles. The van der Waals surface area contributed by atoms with E-state index in [9.17, 15) is 0 Å². The lowest BCUT2D eigenvalue weighted by Crippen LogP contribution is -2.21. The Hall–Kier alpha value is -0.760. The number of aromatic nitrogens is 1. The van der Waals surface area contributed by atoms with Gasteiger partial charge in [-0.25, -0.2) is 0 Å². The minimum absolute atomic E-state index is 0.252. The maximum absolute atomic E-state index is 6.22. The molecule has 0 aliphatic heterocycles. The normalized spacial score (nSPS) is 20.8. The van der Waals surface area contributed by atoms with Crippen LogP contribution in [0, 0.1) is 5.92 Å².